The summed E-state index contributed by atoms with van der Waals surface area (Å²) in [6, 6.07) is 0.345. The third-order valence-corrected chi connectivity index (χ3v) is 3.57. The minimum Gasteiger partial charge on any atom is -0.327 e. The SMILES string of the molecule is CCCCCCCCCCCCC(N)C(C)N. The van der Waals surface area contributed by atoms with Gasteiger partial charge in [-0.3, -0.25) is 0 Å². The van der Waals surface area contributed by atoms with Gasteiger partial charge in [0.2, 0.25) is 0 Å². The summed E-state index contributed by atoms with van der Waals surface area (Å²) in [7, 11) is 0. The van der Waals surface area contributed by atoms with E-state index in [1.54, 1.807) is 0 Å². The molecule has 17 heavy (non-hydrogen) atoms. The number of hydrogen-bond acceptors (Lipinski definition) is 2. The highest BCUT2D eigenvalue weighted by Crippen LogP contribution is 2.11. The van der Waals surface area contributed by atoms with Gasteiger partial charge in [0, 0.05) is 12.1 Å². The highest BCUT2D eigenvalue weighted by molar-refractivity contribution is 4.70. The Morgan fingerprint density at radius 3 is 1.53 bits per heavy atom. The van der Waals surface area contributed by atoms with Crippen LogP contribution in [0.4, 0.5) is 0 Å². The second kappa shape index (κ2) is 12.4. The van der Waals surface area contributed by atoms with Crippen molar-refractivity contribution in [1.29, 1.82) is 0 Å². The molecule has 0 saturated carbocycles. The molecule has 0 fully saturated rings. The molecule has 0 bridgehead atoms. The van der Waals surface area contributed by atoms with Crippen LogP contribution in [0, 0.1) is 0 Å². The van der Waals surface area contributed by atoms with Crippen LogP contribution in [0.3, 0.4) is 0 Å². The molecule has 104 valence electrons. The van der Waals surface area contributed by atoms with Crippen molar-refractivity contribution in [3.63, 3.8) is 0 Å². The standard InChI is InChI=1S/C15H34N2/c1-3-4-5-6-7-8-9-10-11-12-13-15(17)14(2)16/h14-15H,3-13,16-17H2,1-2H3. The molecule has 0 aromatic heterocycles. The number of rotatable bonds is 12. The van der Waals surface area contributed by atoms with E-state index in [9.17, 15) is 0 Å². The molecule has 2 heteroatoms. The average Bonchev–Trinajstić information content (AvgIpc) is 2.31. The van der Waals surface area contributed by atoms with Crippen molar-refractivity contribution in [2.45, 2.75) is 96.6 Å². The summed E-state index contributed by atoms with van der Waals surface area (Å²) in [4.78, 5) is 0. The maximum atomic E-state index is 5.90. The highest BCUT2D eigenvalue weighted by atomic mass is 14.8. The van der Waals surface area contributed by atoms with Crippen LogP contribution in [0.5, 0.6) is 0 Å². The molecule has 4 N–H and O–H groups in total. The normalized spacial score (nSPS) is 14.8. The minimum atomic E-state index is 0.147. The van der Waals surface area contributed by atoms with Gasteiger partial charge in [-0.05, 0) is 13.3 Å². The zero-order valence-electron chi connectivity index (χ0n) is 12.1. The molecule has 2 nitrogen and oxygen atoms in total. The highest BCUT2D eigenvalue weighted by Gasteiger charge is 2.06. The summed E-state index contributed by atoms with van der Waals surface area (Å²) in [5.74, 6) is 0. The van der Waals surface area contributed by atoms with Crippen molar-refractivity contribution in [2.24, 2.45) is 11.5 Å². The van der Waals surface area contributed by atoms with Gasteiger partial charge >= 0.3 is 0 Å². The first kappa shape index (κ1) is 16.9. The Hall–Kier alpha value is -0.0800. The summed E-state index contributed by atoms with van der Waals surface area (Å²) in [6.07, 6.45) is 14.9. The maximum absolute atomic E-state index is 5.90. The summed E-state index contributed by atoms with van der Waals surface area (Å²) >= 11 is 0. The Labute approximate surface area is 109 Å². The van der Waals surface area contributed by atoms with Crippen LogP contribution in [0.1, 0.15) is 84.5 Å². The van der Waals surface area contributed by atoms with Crippen molar-refractivity contribution in [1.82, 2.24) is 0 Å². The Balaban J connectivity index is 3.03. The summed E-state index contributed by atoms with van der Waals surface area (Å²) in [5, 5.41) is 0. The van der Waals surface area contributed by atoms with E-state index in [-0.39, 0.29) is 12.1 Å². The lowest BCUT2D eigenvalue weighted by atomic mass is 10.0. The first-order chi connectivity index (χ1) is 8.18. The van der Waals surface area contributed by atoms with Gasteiger partial charge in [-0.1, -0.05) is 71.1 Å². The average molecular weight is 242 g/mol. The van der Waals surface area contributed by atoms with Gasteiger partial charge in [-0.15, -0.1) is 0 Å². The first-order valence-corrected chi connectivity index (χ1v) is 7.69. The third kappa shape index (κ3) is 12.2. The monoisotopic (exact) mass is 242 g/mol. The predicted molar refractivity (Wildman–Crippen MR) is 78.1 cm³/mol. The van der Waals surface area contributed by atoms with E-state index in [0.29, 0.717) is 0 Å². The molecular formula is C15H34N2. The predicted octanol–water partition coefficient (Wildman–Crippen LogP) is 3.97. The number of nitrogens with two attached hydrogens (primary N) is 2. The lowest BCUT2D eigenvalue weighted by Gasteiger charge is -2.14. The van der Waals surface area contributed by atoms with Crippen molar-refractivity contribution < 1.29 is 0 Å². The first-order valence-electron chi connectivity index (χ1n) is 7.69. The van der Waals surface area contributed by atoms with E-state index in [2.05, 4.69) is 6.92 Å². The fourth-order valence-electron chi connectivity index (χ4n) is 2.13. The summed E-state index contributed by atoms with van der Waals surface area (Å²) in [5.41, 5.74) is 11.6. The molecule has 0 aliphatic heterocycles. The third-order valence-electron chi connectivity index (χ3n) is 3.57. The van der Waals surface area contributed by atoms with Crippen LogP contribution in [-0.2, 0) is 0 Å². The van der Waals surface area contributed by atoms with Gasteiger partial charge in [-0.25, -0.2) is 0 Å². The Bertz CT molecular complexity index is 146. The maximum Gasteiger partial charge on any atom is 0.0189 e. The van der Waals surface area contributed by atoms with E-state index in [1.807, 2.05) is 6.92 Å². The van der Waals surface area contributed by atoms with Crippen LogP contribution in [-0.4, -0.2) is 12.1 Å². The number of hydrogen-bond donors (Lipinski definition) is 2. The Morgan fingerprint density at radius 1 is 0.706 bits per heavy atom. The molecule has 0 spiro atoms. The van der Waals surface area contributed by atoms with Gasteiger partial charge in [0.05, 0.1) is 0 Å². The fourth-order valence-corrected chi connectivity index (χ4v) is 2.13. The van der Waals surface area contributed by atoms with Crippen LogP contribution >= 0.6 is 0 Å². The quantitative estimate of drug-likeness (QED) is 0.509. The molecule has 2 atom stereocenters. The van der Waals surface area contributed by atoms with Crippen LogP contribution in [0.2, 0.25) is 0 Å². The van der Waals surface area contributed by atoms with E-state index < -0.39 is 0 Å². The van der Waals surface area contributed by atoms with E-state index in [0.717, 1.165) is 6.42 Å². The largest absolute Gasteiger partial charge is 0.327 e. The zero-order chi connectivity index (χ0) is 12.9. The molecule has 0 aromatic rings. The van der Waals surface area contributed by atoms with Gasteiger partial charge in [0.25, 0.3) is 0 Å². The Kier molecular flexibility index (Phi) is 12.3. The second-order valence-electron chi connectivity index (χ2n) is 5.49. The summed E-state index contributed by atoms with van der Waals surface area (Å²) < 4.78 is 0. The fraction of sp³-hybridized carbons (Fsp3) is 1.00. The molecule has 0 amide bonds. The van der Waals surface area contributed by atoms with E-state index >= 15 is 0 Å². The topological polar surface area (TPSA) is 52.0 Å². The van der Waals surface area contributed by atoms with Gasteiger partial charge in [0.1, 0.15) is 0 Å². The van der Waals surface area contributed by atoms with Crippen molar-refractivity contribution in [2.75, 3.05) is 0 Å². The zero-order valence-corrected chi connectivity index (χ0v) is 12.1. The van der Waals surface area contributed by atoms with E-state index in [1.165, 1.54) is 64.2 Å². The molecule has 0 aromatic carbocycles. The van der Waals surface area contributed by atoms with Crippen LogP contribution < -0.4 is 11.5 Å². The van der Waals surface area contributed by atoms with Gasteiger partial charge < -0.3 is 11.5 Å². The van der Waals surface area contributed by atoms with Crippen LogP contribution in [0.15, 0.2) is 0 Å². The van der Waals surface area contributed by atoms with Crippen molar-refractivity contribution >= 4 is 0 Å². The summed E-state index contributed by atoms with van der Waals surface area (Å²) in [6.45, 7) is 4.27. The molecule has 0 heterocycles. The molecule has 0 radical (unpaired) electrons. The van der Waals surface area contributed by atoms with Gasteiger partial charge in [-0.2, -0.15) is 0 Å². The molecular weight excluding hydrogens is 208 g/mol. The molecule has 0 saturated heterocycles. The van der Waals surface area contributed by atoms with Crippen molar-refractivity contribution in [3.8, 4) is 0 Å². The molecule has 0 aliphatic carbocycles. The Morgan fingerprint density at radius 2 is 1.12 bits per heavy atom. The smallest absolute Gasteiger partial charge is 0.0189 e. The molecule has 0 rings (SSSR count). The number of unbranched alkanes of at least 4 members (excludes halogenated alkanes) is 9. The lowest BCUT2D eigenvalue weighted by molar-refractivity contribution is 0.481. The van der Waals surface area contributed by atoms with Gasteiger partial charge in [0.15, 0.2) is 0 Å². The van der Waals surface area contributed by atoms with E-state index in [4.69, 9.17) is 11.5 Å². The molecule has 0 aliphatic rings. The lowest BCUT2D eigenvalue weighted by Crippen LogP contribution is -2.38. The second-order valence-corrected chi connectivity index (χ2v) is 5.49. The van der Waals surface area contributed by atoms with Crippen LogP contribution in [0.25, 0.3) is 0 Å². The van der Waals surface area contributed by atoms with Crippen molar-refractivity contribution in [3.05, 3.63) is 0 Å². The molecule has 2 unspecified atom stereocenters. The minimum absolute atomic E-state index is 0.147.